The molecule has 5 rings (SSSR count). The van der Waals surface area contributed by atoms with Gasteiger partial charge in [-0.3, -0.25) is 10.1 Å². The number of benzene rings is 1. The summed E-state index contributed by atoms with van der Waals surface area (Å²) in [6.07, 6.45) is -2.28. The summed E-state index contributed by atoms with van der Waals surface area (Å²) in [5.74, 6) is -1.58. The van der Waals surface area contributed by atoms with Crippen molar-refractivity contribution in [1.82, 2.24) is 9.97 Å². The van der Waals surface area contributed by atoms with Crippen LogP contribution in [0.4, 0.5) is 18.9 Å². The smallest absolute Gasteiger partial charge is 0.391 e. The van der Waals surface area contributed by atoms with Crippen LogP contribution in [0.15, 0.2) is 53.1 Å². The summed E-state index contributed by atoms with van der Waals surface area (Å²) < 4.78 is 45.3. The van der Waals surface area contributed by atoms with Gasteiger partial charge >= 0.3 is 6.18 Å². The fourth-order valence-corrected chi connectivity index (χ4v) is 6.18. The number of nitrogens with zero attached hydrogens (tertiary/aromatic N) is 3. The third-order valence-corrected chi connectivity index (χ3v) is 8.26. The summed E-state index contributed by atoms with van der Waals surface area (Å²) in [5, 5.41) is 9.23. The van der Waals surface area contributed by atoms with E-state index in [1.54, 1.807) is 23.2 Å². The highest BCUT2D eigenvalue weighted by Gasteiger charge is 2.43. The molecule has 0 bridgehead atoms. The van der Waals surface area contributed by atoms with Gasteiger partial charge in [0, 0.05) is 28.6 Å². The Morgan fingerprint density at radius 1 is 1.15 bits per heavy atom. The van der Waals surface area contributed by atoms with E-state index in [9.17, 15) is 23.2 Å². The molecular weight excluding hydrogens is 531 g/mol. The summed E-state index contributed by atoms with van der Waals surface area (Å²) >= 11 is 1.38. The SMILES string of the molecule is CC(C)N(c1cc(-c2ccc(-c3nc4ncccc4o3)cc2)sc1COO)C(=O)[C@H]1CC[C@H](C(F)(F)F)CC1. The van der Waals surface area contributed by atoms with Crippen LogP contribution in [0.25, 0.3) is 33.1 Å². The number of oxazole rings is 1. The number of hydrogen-bond donors (Lipinski definition) is 1. The van der Waals surface area contributed by atoms with E-state index in [1.165, 1.54) is 11.3 Å². The second-order valence-corrected chi connectivity index (χ2v) is 11.1. The molecule has 1 amide bonds. The summed E-state index contributed by atoms with van der Waals surface area (Å²) in [5.41, 5.74) is 3.37. The summed E-state index contributed by atoms with van der Waals surface area (Å²) in [4.78, 5) is 29.8. The van der Waals surface area contributed by atoms with Crippen LogP contribution in [0.2, 0.25) is 0 Å². The van der Waals surface area contributed by atoms with Gasteiger partial charge in [0.25, 0.3) is 0 Å². The first kappa shape index (κ1) is 27.3. The normalized spacial score (nSPS) is 18.1. The minimum Gasteiger partial charge on any atom is -0.434 e. The molecule has 206 valence electrons. The van der Waals surface area contributed by atoms with Crippen molar-refractivity contribution in [1.29, 1.82) is 0 Å². The first-order valence-electron chi connectivity index (χ1n) is 12.8. The summed E-state index contributed by atoms with van der Waals surface area (Å²) in [6.45, 7) is 3.61. The van der Waals surface area contributed by atoms with E-state index < -0.39 is 18.0 Å². The molecule has 3 heterocycles. The van der Waals surface area contributed by atoms with Gasteiger partial charge in [0.15, 0.2) is 11.2 Å². The molecule has 0 spiro atoms. The zero-order valence-corrected chi connectivity index (χ0v) is 22.3. The molecule has 7 nitrogen and oxygen atoms in total. The molecular formula is C28H28F3N3O4S. The fourth-order valence-electron chi connectivity index (χ4n) is 5.11. The predicted octanol–water partition coefficient (Wildman–Crippen LogP) is 7.72. The van der Waals surface area contributed by atoms with Crippen LogP contribution in [0, 0.1) is 11.8 Å². The Bertz CT molecular complexity index is 1410. The molecule has 0 radical (unpaired) electrons. The highest BCUT2D eigenvalue weighted by atomic mass is 32.1. The van der Waals surface area contributed by atoms with Crippen LogP contribution in [-0.2, 0) is 16.3 Å². The Hall–Kier alpha value is -3.28. The number of fused-ring (bicyclic) bond motifs is 1. The van der Waals surface area contributed by atoms with E-state index in [-0.39, 0.29) is 44.2 Å². The first-order chi connectivity index (χ1) is 18.7. The van der Waals surface area contributed by atoms with E-state index in [0.29, 0.717) is 27.7 Å². The van der Waals surface area contributed by atoms with Crippen molar-refractivity contribution in [2.45, 2.75) is 58.4 Å². The Balaban J connectivity index is 1.40. The number of carbonyl (C=O) groups excluding carboxylic acids is 1. The van der Waals surface area contributed by atoms with Crippen LogP contribution in [0.1, 0.15) is 44.4 Å². The fraction of sp³-hybridized carbons (Fsp3) is 0.393. The lowest BCUT2D eigenvalue weighted by Crippen LogP contribution is -2.43. The van der Waals surface area contributed by atoms with Gasteiger partial charge in [0.1, 0.15) is 6.61 Å². The van der Waals surface area contributed by atoms with Crippen LogP contribution in [-0.4, -0.2) is 33.4 Å². The zero-order valence-electron chi connectivity index (χ0n) is 21.4. The summed E-state index contributed by atoms with van der Waals surface area (Å²) in [6, 6.07) is 12.8. The Kier molecular flexibility index (Phi) is 7.75. The molecule has 1 N–H and O–H groups in total. The minimum absolute atomic E-state index is 0.0458. The summed E-state index contributed by atoms with van der Waals surface area (Å²) in [7, 11) is 0. The number of amides is 1. The molecule has 11 heteroatoms. The van der Waals surface area contributed by atoms with Gasteiger partial charge in [-0.25, -0.2) is 9.87 Å². The van der Waals surface area contributed by atoms with Gasteiger partial charge in [-0.05, 0) is 75.4 Å². The lowest BCUT2D eigenvalue weighted by molar-refractivity contribution is -0.252. The van der Waals surface area contributed by atoms with Gasteiger partial charge in [0.05, 0.1) is 16.5 Å². The second-order valence-electron chi connectivity index (χ2n) is 10.0. The van der Waals surface area contributed by atoms with Crippen molar-refractivity contribution in [2.75, 3.05) is 4.90 Å². The maximum absolute atomic E-state index is 13.6. The Morgan fingerprint density at radius 2 is 1.85 bits per heavy atom. The zero-order chi connectivity index (χ0) is 27.7. The van der Waals surface area contributed by atoms with Gasteiger partial charge in [-0.1, -0.05) is 12.1 Å². The van der Waals surface area contributed by atoms with E-state index in [1.807, 2.05) is 44.2 Å². The van der Waals surface area contributed by atoms with Gasteiger partial charge in [0.2, 0.25) is 11.8 Å². The molecule has 3 aromatic heterocycles. The number of alkyl halides is 3. The van der Waals surface area contributed by atoms with E-state index in [4.69, 9.17) is 4.42 Å². The molecule has 0 aliphatic heterocycles. The quantitative estimate of drug-likeness (QED) is 0.184. The van der Waals surface area contributed by atoms with Crippen molar-refractivity contribution in [2.24, 2.45) is 11.8 Å². The molecule has 0 atom stereocenters. The molecule has 1 fully saturated rings. The van der Waals surface area contributed by atoms with Crippen LogP contribution >= 0.6 is 11.3 Å². The number of aromatic nitrogens is 2. The number of pyridine rings is 1. The number of anilines is 1. The highest BCUT2D eigenvalue weighted by molar-refractivity contribution is 7.16. The lowest BCUT2D eigenvalue weighted by atomic mass is 9.81. The average Bonchev–Trinajstić information content (AvgIpc) is 3.53. The third kappa shape index (κ3) is 5.70. The number of halogens is 3. The van der Waals surface area contributed by atoms with Crippen molar-refractivity contribution < 1.29 is 32.5 Å². The number of hydrogen-bond acceptors (Lipinski definition) is 7. The van der Waals surface area contributed by atoms with E-state index >= 15 is 0 Å². The standard InChI is InChI=1S/C28H28F3N3O4S/c1-16(2)34(27(35)19-9-11-20(12-10-19)28(29,30)31)21-14-23(39-24(21)15-37-36)17-5-7-18(8-6-17)26-33-25-22(38-26)4-3-13-32-25/h3-8,13-14,16,19-20,36H,9-12,15H2,1-2H3/t19-,20-. The van der Waals surface area contributed by atoms with Crippen LogP contribution < -0.4 is 4.90 Å². The van der Waals surface area contributed by atoms with E-state index in [0.717, 1.165) is 16.0 Å². The van der Waals surface area contributed by atoms with Crippen LogP contribution in [0.3, 0.4) is 0 Å². The van der Waals surface area contributed by atoms with Crippen molar-refractivity contribution in [3.63, 3.8) is 0 Å². The van der Waals surface area contributed by atoms with Gasteiger partial charge < -0.3 is 9.32 Å². The monoisotopic (exact) mass is 559 g/mol. The second kappa shape index (κ2) is 11.1. The minimum atomic E-state index is -4.23. The molecule has 0 saturated heterocycles. The van der Waals surface area contributed by atoms with Crippen molar-refractivity contribution in [3.8, 4) is 21.9 Å². The molecule has 1 aromatic carbocycles. The van der Waals surface area contributed by atoms with Crippen molar-refractivity contribution in [3.05, 3.63) is 53.5 Å². The Morgan fingerprint density at radius 3 is 2.46 bits per heavy atom. The topological polar surface area (TPSA) is 88.7 Å². The third-order valence-electron chi connectivity index (χ3n) is 7.12. The van der Waals surface area contributed by atoms with Crippen molar-refractivity contribution >= 4 is 34.2 Å². The highest BCUT2D eigenvalue weighted by Crippen LogP contribution is 2.43. The molecule has 4 aromatic rings. The van der Waals surface area contributed by atoms with Gasteiger partial charge in [-0.2, -0.15) is 18.2 Å². The maximum Gasteiger partial charge on any atom is 0.391 e. The molecule has 1 saturated carbocycles. The lowest BCUT2D eigenvalue weighted by Gasteiger charge is -2.34. The molecule has 0 unspecified atom stereocenters. The molecule has 1 aliphatic carbocycles. The Labute approximate surface area is 227 Å². The number of thiophene rings is 1. The van der Waals surface area contributed by atoms with Gasteiger partial charge in [-0.15, -0.1) is 11.3 Å². The number of carbonyl (C=O) groups is 1. The molecule has 39 heavy (non-hydrogen) atoms. The maximum atomic E-state index is 13.6. The van der Waals surface area contributed by atoms with Crippen LogP contribution in [0.5, 0.6) is 0 Å². The predicted molar refractivity (Wildman–Crippen MR) is 142 cm³/mol. The first-order valence-corrected chi connectivity index (χ1v) is 13.6. The number of rotatable bonds is 7. The average molecular weight is 560 g/mol. The molecule has 1 aliphatic rings. The van der Waals surface area contributed by atoms with E-state index in [2.05, 4.69) is 14.9 Å². The largest absolute Gasteiger partial charge is 0.434 e.